The summed E-state index contributed by atoms with van der Waals surface area (Å²) in [5, 5.41) is 2.00. The Hall–Kier alpha value is -1.13. The van der Waals surface area contributed by atoms with Crippen molar-refractivity contribution in [3.8, 4) is 5.06 Å². The van der Waals surface area contributed by atoms with E-state index in [1.807, 2.05) is 18.2 Å². The number of benzene rings is 1. The molecule has 1 aliphatic rings. The van der Waals surface area contributed by atoms with E-state index in [4.69, 9.17) is 10.5 Å². The van der Waals surface area contributed by atoms with Gasteiger partial charge in [0.15, 0.2) is 0 Å². The van der Waals surface area contributed by atoms with Gasteiger partial charge in [-0.2, -0.15) is 4.37 Å². The van der Waals surface area contributed by atoms with Gasteiger partial charge >= 0.3 is 0 Å². The quantitative estimate of drug-likeness (QED) is 0.923. The summed E-state index contributed by atoms with van der Waals surface area (Å²) in [6.07, 6.45) is 5.91. The van der Waals surface area contributed by atoms with Crippen LogP contribution in [0.25, 0.3) is 10.9 Å². The molecule has 0 radical (unpaired) electrons. The fourth-order valence-corrected chi connectivity index (χ4v) is 3.30. The number of hydrogen-bond donors (Lipinski definition) is 1. The third kappa shape index (κ3) is 2.35. The minimum atomic E-state index is -0.136. The number of nitrogens with two attached hydrogens (primary N) is 1. The van der Waals surface area contributed by atoms with Gasteiger partial charge in [-0.3, -0.25) is 0 Å². The van der Waals surface area contributed by atoms with Crippen molar-refractivity contribution in [3.63, 3.8) is 0 Å². The van der Waals surface area contributed by atoms with E-state index >= 15 is 0 Å². The first-order valence-electron chi connectivity index (χ1n) is 6.53. The third-order valence-corrected chi connectivity index (χ3v) is 4.48. The highest BCUT2D eigenvalue weighted by Crippen LogP contribution is 2.32. The summed E-state index contributed by atoms with van der Waals surface area (Å²) >= 11 is 1.42. The van der Waals surface area contributed by atoms with Crippen molar-refractivity contribution in [2.75, 3.05) is 6.61 Å². The lowest BCUT2D eigenvalue weighted by atomic mass is 9.83. The Morgan fingerprint density at radius 3 is 2.83 bits per heavy atom. The molecule has 0 aliphatic heterocycles. The van der Waals surface area contributed by atoms with Crippen LogP contribution >= 0.6 is 11.5 Å². The number of nitrogens with zero attached hydrogens (tertiary/aromatic N) is 1. The predicted molar refractivity (Wildman–Crippen MR) is 75.1 cm³/mol. The van der Waals surface area contributed by atoms with E-state index in [0.717, 1.165) is 28.8 Å². The minimum absolute atomic E-state index is 0.136. The van der Waals surface area contributed by atoms with E-state index in [1.165, 1.54) is 30.8 Å². The first kappa shape index (κ1) is 11.9. The van der Waals surface area contributed by atoms with Crippen molar-refractivity contribution in [2.45, 2.75) is 37.6 Å². The number of aromatic nitrogens is 1. The molecule has 1 saturated carbocycles. The number of fused-ring (bicyclic) bond motifs is 1. The minimum Gasteiger partial charge on any atom is -0.480 e. The van der Waals surface area contributed by atoms with Crippen LogP contribution < -0.4 is 10.5 Å². The van der Waals surface area contributed by atoms with E-state index in [9.17, 15) is 0 Å². The summed E-state index contributed by atoms with van der Waals surface area (Å²) in [6, 6.07) is 8.08. The smallest absolute Gasteiger partial charge is 0.201 e. The van der Waals surface area contributed by atoms with Gasteiger partial charge in [0.05, 0.1) is 16.4 Å². The average molecular weight is 262 g/mol. The van der Waals surface area contributed by atoms with Crippen molar-refractivity contribution >= 4 is 22.4 Å². The predicted octanol–water partition coefficient (Wildman–Crippen LogP) is 3.34. The number of hydrogen-bond acceptors (Lipinski definition) is 4. The summed E-state index contributed by atoms with van der Waals surface area (Å²) in [7, 11) is 0. The van der Waals surface area contributed by atoms with Crippen LogP contribution in [0.15, 0.2) is 24.3 Å². The fraction of sp³-hybridized carbons (Fsp3) is 0.500. The molecule has 3 nitrogen and oxygen atoms in total. The monoisotopic (exact) mass is 262 g/mol. The van der Waals surface area contributed by atoms with E-state index in [-0.39, 0.29) is 5.54 Å². The van der Waals surface area contributed by atoms with Gasteiger partial charge in [-0.15, -0.1) is 0 Å². The van der Waals surface area contributed by atoms with Gasteiger partial charge in [-0.25, -0.2) is 0 Å². The van der Waals surface area contributed by atoms with Gasteiger partial charge < -0.3 is 10.5 Å². The van der Waals surface area contributed by atoms with E-state index in [0.29, 0.717) is 6.61 Å². The molecule has 1 aliphatic carbocycles. The van der Waals surface area contributed by atoms with Crippen molar-refractivity contribution in [2.24, 2.45) is 5.73 Å². The van der Waals surface area contributed by atoms with E-state index in [2.05, 4.69) is 10.4 Å². The van der Waals surface area contributed by atoms with Gasteiger partial charge in [0, 0.05) is 11.5 Å². The lowest BCUT2D eigenvalue weighted by molar-refractivity contribution is 0.178. The highest BCUT2D eigenvalue weighted by atomic mass is 32.1. The first-order chi connectivity index (χ1) is 8.77. The molecule has 4 heteroatoms. The molecule has 1 aromatic carbocycles. The van der Waals surface area contributed by atoms with Crippen LogP contribution in [0.3, 0.4) is 0 Å². The van der Waals surface area contributed by atoms with Crippen LogP contribution in [0.5, 0.6) is 5.06 Å². The molecule has 0 unspecified atom stereocenters. The molecule has 0 atom stereocenters. The van der Waals surface area contributed by atoms with Crippen LogP contribution in [0.1, 0.15) is 32.1 Å². The summed E-state index contributed by atoms with van der Waals surface area (Å²) in [4.78, 5) is 0. The number of rotatable bonds is 3. The van der Waals surface area contributed by atoms with E-state index in [1.54, 1.807) is 0 Å². The van der Waals surface area contributed by atoms with Gasteiger partial charge in [0.1, 0.15) is 6.61 Å². The Kier molecular flexibility index (Phi) is 3.22. The van der Waals surface area contributed by atoms with Crippen LogP contribution in [0.2, 0.25) is 0 Å². The zero-order chi connectivity index (χ0) is 12.4. The summed E-state index contributed by atoms with van der Waals surface area (Å²) in [5.41, 5.74) is 7.25. The second-order valence-electron chi connectivity index (χ2n) is 5.20. The first-order valence-corrected chi connectivity index (χ1v) is 7.30. The summed E-state index contributed by atoms with van der Waals surface area (Å²) < 4.78 is 10.3. The Labute approximate surface area is 111 Å². The largest absolute Gasteiger partial charge is 0.480 e. The highest BCUT2D eigenvalue weighted by molar-refractivity contribution is 7.09. The molecule has 0 bridgehead atoms. The summed E-state index contributed by atoms with van der Waals surface area (Å²) in [5.74, 6) is 0. The highest BCUT2D eigenvalue weighted by Gasteiger charge is 2.28. The van der Waals surface area contributed by atoms with Crippen molar-refractivity contribution in [1.29, 1.82) is 0 Å². The second kappa shape index (κ2) is 4.86. The zero-order valence-corrected chi connectivity index (χ0v) is 11.2. The second-order valence-corrected chi connectivity index (χ2v) is 5.93. The normalized spacial score (nSPS) is 18.9. The molecule has 3 rings (SSSR count). The molecule has 2 N–H and O–H groups in total. The maximum absolute atomic E-state index is 6.38. The molecular formula is C14H18N2OS. The van der Waals surface area contributed by atoms with Crippen LogP contribution in [0.4, 0.5) is 0 Å². The molecular weight excluding hydrogens is 244 g/mol. The molecule has 18 heavy (non-hydrogen) atoms. The fourth-order valence-electron chi connectivity index (χ4n) is 2.58. The Bertz CT molecular complexity index is 531. The molecule has 1 aromatic heterocycles. The van der Waals surface area contributed by atoms with Gasteiger partial charge in [0.2, 0.25) is 5.06 Å². The third-order valence-electron chi connectivity index (χ3n) is 3.69. The van der Waals surface area contributed by atoms with Crippen molar-refractivity contribution in [3.05, 3.63) is 24.3 Å². The molecule has 0 saturated heterocycles. The molecule has 0 amide bonds. The lowest BCUT2D eigenvalue weighted by Gasteiger charge is -2.32. The van der Waals surface area contributed by atoms with E-state index < -0.39 is 0 Å². The maximum Gasteiger partial charge on any atom is 0.201 e. The molecule has 0 spiro atoms. The van der Waals surface area contributed by atoms with Gasteiger partial charge in [0.25, 0.3) is 0 Å². The number of ether oxygens (including phenoxy) is 1. The van der Waals surface area contributed by atoms with Crippen molar-refractivity contribution < 1.29 is 4.74 Å². The lowest BCUT2D eigenvalue weighted by Crippen LogP contribution is -2.47. The maximum atomic E-state index is 6.38. The van der Waals surface area contributed by atoms with Gasteiger partial charge in [-0.05, 0) is 25.0 Å². The average Bonchev–Trinajstić information content (AvgIpc) is 2.81. The zero-order valence-electron chi connectivity index (χ0n) is 10.4. The standard InChI is InChI=1S/C14H18N2OS/c15-14(8-4-1-5-9-14)10-17-13-11-6-2-3-7-12(11)16-18-13/h2-3,6-7H,1,4-5,8-10,15H2. The molecule has 1 fully saturated rings. The van der Waals surface area contributed by atoms with Crippen molar-refractivity contribution in [1.82, 2.24) is 4.37 Å². The van der Waals surface area contributed by atoms with Crippen LogP contribution in [0, 0.1) is 0 Å². The Balaban J connectivity index is 1.73. The van der Waals surface area contributed by atoms with Crippen LogP contribution in [-0.2, 0) is 0 Å². The molecule has 2 aromatic rings. The molecule has 96 valence electrons. The van der Waals surface area contributed by atoms with Gasteiger partial charge in [-0.1, -0.05) is 31.4 Å². The SMILES string of the molecule is NC1(COc2snc3ccccc23)CCCCC1. The molecule has 1 heterocycles. The van der Waals surface area contributed by atoms with Crippen LogP contribution in [-0.4, -0.2) is 16.5 Å². The Morgan fingerprint density at radius 2 is 2.00 bits per heavy atom. The topological polar surface area (TPSA) is 48.1 Å². The summed E-state index contributed by atoms with van der Waals surface area (Å²) in [6.45, 7) is 0.610. The Morgan fingerprint density at radius 1 is 1.22 bits per heavy atom.